The average molecular weight is 216 g/mol. The zero-order valence-electron chi connectivity index (χ0n) is 7.84. The summed E-state index contributed by atoms with van der Waals surface area (Å²) in [5.74, 6) is 5.56. The van der Waals surface area contributed by atoms with Crippen LogP contribution in [0.15, 0.2) is 29.4 Å². The number of benzene rings is 1. The van der Waals surface area contributed by atoms with E-state index in [1.807, 2.05) is 12.1 Å². The van der Waals surface area contributed by atoms with E-state index in [1.54, 1.807) is 12.1 Å². The van der Waals surface area contributed by atoms with E-state index in [9.17, 15) is 0 Å². The van der Waals surface area contributed by atoms with Crippen molar-refractivity contribution in [3.05, 3.63) is 45.8 Å². The lowest BCUT2D eigenvalue weighted by Gasteiger charge is -1.96. The molecule has 0 amide bonds. The third-order valence-electron chi connectivity index (χ3n) is 1.62. The van der Waals surface area contributed by atoms with Crippen molar-refractivity contribution in [2.45, 2.75) is 0 Å². The Morgan fingerprint density at radius 3 is 2.67 bits per heavy atom. The number of rotatable bonds is 2. The molecule has 1 aromatic carbocycles. The molecule has 0 aliphatic rings. The van der Waals surface area contributed by atoms with Crippen LogP contribution in [0.1, 0.15) is 11.1 Å². The van der Waals surface area contributed by atoms with Gasteiger partial charge in [-0.1, -0.05) is 41.3 Å². The van der Waals surface area contributed by atoms with Gasteiger partial charge in [0.15, 0.2) is 0 Å². The van der Waals surface area contributed by atoms with Crippen LogP contribution in [0.3, 0.4) is 0 Å². The standard InChI is InChI=1S/C10H8N4S/c11-10(15)9-5-3-8(4-6-9)2-1-7-13-14-12/h3-6H,7H2,(H2,11,15). The smallest absolute Gasteiger partial charge is 0.103 e. The summed E-state index contributed by atoms with van der Waals surface area (Å²) in [4.78, 5) is 2.96. The van der Waals surface area contributed by atoms with E-state index in [-0.39, 0.29) is 6.54 Å². The van der Waals surface area contributed by atoms with Crippen molar-refractivity contribution >= 4 is 17.2 Å². The minimum atomic E-state index is 0.174. The second-order valence-corrected chi connectivity index (χ2v) is 3.07. The molecule has 15 heavy (non-hydrogen) atoms. The summed E-state index contributed by atoms with van der Waals surface area (Å²) in [5.41, 5.74) is 15.1. The van der Waals surface area contributed by atoms with Gasteiger partial charge in [-0.3, -0.25) is 0 Å². The number of hydrogen-bond acceptors (Lipinski definition) is 2. The predicted octanol–water partition coefficient (Wildman–Crippen LogP) is 1.98. The first-order chi connectivity index (χ1) is 7.24. The molecular formula is C10H8N4S. The number of nitrogens with two attached hydrogens (primary N) is 1. The molecule has 2 N–H and O–H groups in total. The number of hydrogen-bond donors (Lipinski definition) is 1. The summed E-state index contributed by atoms with van der Waals surface area (Å²) >= 11 is 4.81. The molecule has 0 heterocycles. The molecule has 0 aromatic heterocycles. The van der Waals surface area contributed by atoms with Crippen molar-refractivity contribution in [2.75, 3.05) is 6.54 Å². The molecule has 5 heteroatoms. The topological polar surface area (TPSA) is 74.8 Å². The van der Waals surface area contributed by atoms with Gasteiger partial charge in [0.2, 0.25) is 0 Å². The Labute approximate surface area is 92.7 Å². The van der Waals surface area contributed by atoms with E-state index in [1.165, 1.54) is 0 Å². The van der Waals surface area contributed by atoms with E-state index in [0.29, 0.717) is 4.99 Å². The van der Waals surface area contributed by atoms with Gasteiger partial charge in [-0.15, -0.1) is 0 Å². The van der Waals surface area contributed by atoms with Crippen LogP contribution in [0.25, 0.3) is 10.4 Å². The van der Waals surface area contributed by atoms with E-state index in [0.717, 1.165) is 11.1 Å². The van der Waals surface area contributed by atoms with Gasteiger partial charge in [0, 0.05) is 16.0 Å². The first-order valence-corrected chi connectivity index (χ1v) is 4.54. The highest BCUT2D eigenvalue weighted by Crippen LogP contribution is 2.02. The van der Waals surface area contributed by atoms with Gasteiger partial charge in [0.25, 0.3) is 0 Å². The molecular weight excluding hydrogens is 208 g/mol. The lowest BCUT2D eigenvalue weighted by molar-refractivity contribution is 1.25. The zero-order chi connectivity index (χ0) is 11.1. The molecule has 0 spiro atoms. The highest BCUT2D eigenvalue weighted by Gasteiger charge is 1.93. The molecule has 0 bridgehead atoms. The summed E-state index contributed by atoms with van der Waals surface area (Å²) < 4.78 is 0. The van der Waals surface area contributed by atoms with Crippen LogP contribution in [0.4, 0.5) is 0 Å². The molecule has 0 fully saturated rings. The molecule has 0 saturated carbocycles. The van der Waals surface area contributed by atoms with Crippen molar-refractivity contribution in [2.24, 2.45) is 10.8 Å². The van der Waals surface area contributed by atoms with Crippen LogP contribution in [0.5, 0.6) is 0 Å². The van der Waals surface area contributed by atoms with Crippen LogP contribution in [-0.2, 0) is 0 Å². The van der Waals surface area contributed by atoms with Gasteiger partial charge >= 0.3 is 0 Å². The Kier molecular flexibility index (Phi) is 4.17. The Bertz CT molecular complexity index is 460. The van der Waals surface area contributed by atoms with Crippen molar-refractivity contribution < 1.29 is 0 Å². The van der Waals surface area contributed by atoms with Gasteiger partial charge in [-0.25, -0.2) is 0 Å². The predicted molar refractivity (Wildman–Crippen MR) is 63.2 cm³/mol. The second-order valence-electron chi connectivity index (χ2n) is 2.63. The lowest BCUT2D eigenvalue weighted by Crippen LogP contribution is -2.08. The van der Waals surface area contributed by atoms with Crippen LogP contribution in [-0.4, -0.2) is 11.5 Å². The minimum absolute atomic E-state index is 0.174. The molecule has 1 aromatic rings. The maximum absolute atomic E-state index is 8.02. The van der Waals surface area contributed by atoms with E-state index in [2.05, 4.69) is 21.9 Å². The maximum Gasteiger partial charge on any atom is 0.103 e. The zero-order valence-corrected chi connectivity index (χ0v) is 8.66. The van der Waals surface area contributed by atoms with Gasteiger partial charge in [0.1, 0.15) is 4.99 Å². The van der Waals surface area contributed by atoms with Crippen LogP contribution in [0.2, 0.25) is 0 Å². The summed E-state index contributed by atoms with van der Waals surface area (Å²) in [5, 5.41) is 3.30. The van der Waals surface area contributed by atoms with E-state index >= 15 is 0 Å². The second kappa shape index (κ2) is 5.66. The quantitative estimate of drug-likeness (QED) is 0.270. The fourth-order valence-electron chi connectivity index (χ4n) is 0.926. The Morgan fingerprint density at radius 2 is 2.13 bits per heavy atom. The SMILES string of the molecule is [N-]=[N+]=NCC#Cc1ccc(C(N)=S)cc1. The summed E-state index contributed by atoms with van der Waals surface area (Å²) in [6, 6.07) is 7.25. The van der Waals surface area contributed by atoms with Crippen molar-refractivity contribution in [3.8, 4) is 11.8 Å². The molecule has 4 nitrogen and oxygen atoms in total. The molecule has 0 saturated heterocycles. The van der Waals surface area contributed by atoms with E-state index < -0.39 is 0 Å². The van der Waals surface area contributed by atoms with Crippen LogP contribution in [0, 0.1) is 11.8 Å². The summed E-state index contributed by atoms with van der Waals surface area (Å²) in [7, 11) is 0. The third-order valence-corrected chi connectivity index (χ3v) is 1.85. The fraction of sp³-hybridized carbons (Fsp3) is 0.100. The number of thiocarbonyl (C=S) groups is 1. The summed E-state index contributed by atoms with van der Waals surface area (Å²) in [6.45, 7) is 0.174. The Morgan fingerprint density at radius 1 is 1.47 bits per heavy atom. The molecule has 1 rings (SSSR count). The molecule has 0 atom stereocenters. The Balaban J connectivity index is 2.75. The monoisotopic (exact) mass is 216 g/mol. The number of azide groups is 1. The third kappa shape index (κ3) is 3.69. The fourth-order valence-corrected chi connectivity index (χ4v) is 1.06. The first-order valence-electron chi connectivity index (χ1n) is 4.13. The van der Waals surface area contributed by atoms with Crippen molar-refractivity contribution in [3.63, 3.8) is 0 Å². The molecule has 0 unspecified atom stereocenters. The largest absolute Gasteiger partial charge is 0.389 e. The maximum atomic E-state index is 8.02. The normalized spacial score (nSPS) is 8.27. The van der Waals surface area contributed by atoms with Crippen LogP contribution < -0.4 is 5.73 Å². The summed E-state index contributed by atoms with van der Waals surface area (Å²) in [6.07, 6.45) is 0. The highest BCUT2D eigenvalue weighted by molar-refractivity contribution is 7.80. The molecule has 0 aliphatic carbocycles. The highest BCUT2D eigenvalue weighted by atomic mass is 32.1. The molecule has 0 radical (unpaired) electrons. The van der Waals surface area contributed by atoms with Crippen LogP contribution >= 0.6 is 12.2 Å². The van der Waals surface area contributed by atoms with Gasteiger partial charge in [-0.05, 0) is 17.7 Å². The van der Waals surface area contributed by atoms with Gasteiger partial charge < -0.3 is 5.73 Å². The van der Waals surface area contributed by atoms with E-state index in [4.69, 9.17) is 23.5 Å². The molecule has 0 aliphatic heterocycles. The molecule has 74 valence electrons. The van der Waals surface area contributed by atoms with Gasteiger partial charge in [0.05, 0.1) is 6.54 Å². The van der Waals surface area contributed by atoms with Crippen molar-refractivity contribution in [1.29, 1.82) is 0 Å². The first kappa shape index (κ1) is 11.1. The minimum Gasteiger partial charge on any atom is -0.389 e. The Hall–Kier alpha value is -2.02. The number of nitrogens with zero attached hydrogens (tertiary/aromatic N) is 3. The lowest BCUT2D eigenvalue weighted by atomic mass is 10.1. The van der Waals surface area contributed by atoms with Gasteiger partial charge in [-0.2, -0.15) is 0 Å². The average Bonchev–Trinajstić information content (AvgIpc) is 2.25. The van der Waals surface area contributed by atoms with Crippen molar-refractivity contribution in [1.82, 2.24) is 0 Å².